The summed E-state index contributed by atoms with van der Waals surface area (Å²) in [6.45, 7) is 1.47. The normalized spacial score (nSPS) is 24.8. The number of carbonyl (C=O) groups excluding carboxylic acids is 1. The Morgan fingerprint density at radius 1 is 1.31 bits per heavy atom. The van der Waals surface area contributed by atoms with E-state index in [1.807, 2.05) is 0 Å². The third-order valence-electron chi connectivity index (χ3n) is 5.56. The molecule has 0 bridgehead atoms. The van der Waals surface area contributed by atoms with Crippen LogP contribution in [-0.4, -0.2) is 69.1 Å². The van der Waals surface area contributed by atoms with Crippen LogP contribution >= 0.6 is 0 Å². The summed E-state index contributed by atoms with van der Waals surface area (Å²) in [5.41, 5.74) is 5.72. The highest BCUT2D eigenvalue weighted by atomic mass is 16.6. The summed E-state index contributed by atoms with van der Waals surface area (Å²) in [7, 11) is 0. The average Bonchev–Trinajstić information content (AvgIpc) is 2.71. The molecule has 0 aromatic carbocycles. The number of aliphatic hydroxyl groups excluding tert-OH is 1. The van der Waals surface area contributed by atoms with Crippen molar-refractivity contribution in [1.29, 1.82) is 0 Å². The number of nitrogens with zero attached hydrogens (tertiary/aromatic N) is 4. The van der Waals surface area contributed by atoms with E-state index in [2.05, 4.69) is 20.6 Å². The zero-order valence-electron chi connectivity index (χ0n) is 16.4. The first-order valence-corrected chi connectivity index (χ1v) is 10.1. The lowest BCUT2D eigenvalue weighted by Crippen LogP contribution is -2.44. The zero-order chi connectivity index (χ0) is 20.8. The zero-order valence-corrected chi connectivity index (χ0v) is 16.4. The third kappa shape index (κ3) is 5.97. The van der Waals surface area contributed by atoms with Gasteiger partial charge in [0.2, 0.25) is 17.7 Å². The number of aliphatic hydroxyl groups is 1. The molecule has 160 valence electrons. The monoisotopic (exact) mass is 407 g/mol. The number of carbonyl (C=O) groups is 1. The van der Waals surface area contributed by atoms with E-state index in [4.69, 9.17) is 5.73 Å². The predicted molar refractivity (Wildman–Crippen MR) is 107 cm³/mol. The Bertz CT molecular complexity index is 724. The van der Waals surface area contributed by atoms with Gasteiger partial charge in [-0.1, -0.05) is 0 Å². The highest BCUT2D eigenvalue weighted by Gasteiger charge is 2.24. The minimum atomic E-state index is -0.525. The molecule has 1 aromatic heterocycles. The molecule has 3 rings (SSSR count). The molecule has 1 atom stereocenters. The van der Waals surface area contributed by atoms with E-state index >= 15 is 0 Å². The fourth-order valence-corrected chi connectivity index (χ4v) is 3.81. The van der Waals surface area contributed by atoms with Crippen molar-refractivity contribution in [2.24, 2.45) is 11.7 Å². The van der Waals surface area contributed by atoms with Crippen LogP contribution in [0.25, 0.3) is 0 Å². The number of β-amino-alcohol motifs (C(OH)–C–C–N with tert-alkyl or cyclic N) is 1. The highest BCUT2D eigenvalue weighted by molar-refractivity contribution is 5.80. The molecule has 0 radical (unpaired) electrons. The van der Waals surface area contributed by atoms with Crippen LogP contribution in [0.1, 0.15) is 38.5 Å². The molecule has 2 fully saturated rings. The van der Waals surface area contributed by atoms with Gasteiger partial charge in [-0.15, -0.1) is 0 Å². The number of amides is 1. The minimum absolute atomic E-state index is 0.0372. The third-order valence-corrected chi connectivity index (χ3v) is 5.56. The topological polar surface area (TPSA) is 160 Å². The SMILES string of the molecule is N[C@H]1CC[C@H](CNc2nc(NCC(=O)N3CCC[C@H](O)C3)ncc2[N+](=O)[O-])CC1. The van der Waals surface area contributed by atoms with Gasteiger partial charge in [-0.3, -0.25) is 14.9 Å². The molecule has 1 saturated carbocycles. The summed E-state index contributed by atoms with van der Waals surface area (Å²) in [4.78, 5) is 32.8. The smallest absolute Gasteiger partial charge is 0.329 e. The van der Waals surface area contributed by atoms with E-state index in [0.717, 1.165) is 38.3 Å². The van der Waals surface area contributed by atoms with Gasteiger partial charge in [0.05, 0.1) is 17.6 Å². The standard InChI is InChI=1S/C18H29N7O4/c19-13-5-3-12(4-6-13)8-20-17-15(25(28)29)9-21-18(23-17)22-10-16(27)24-7-1-2-14(26)11-24/h9,12-14,26H,1-8,10-11,19H2,(H2,20,21,22,23)/t12-,13-,14-/m0/s1. The number of rotatable bonds is 7. The van der Waals surface area contributed by atoms with Crippen molar-refractivity contribution >= 4 is 23.4 Å². The van der Waals surface area contributed by atoms with E-state index in [9.17, 15) is 20.0 Å². The van der Waals surface area contributed by atoms with Crippen LogP contribution < -0.4 is 16.4 Å². The quantitative estimate of drug-likeness (QED) is 0.377. The minimum Gasteiger partial charge on any atom is -0.391 e. The highest BCUT2D eigenvalue weighted by Crippen LogP contribution is 2.26. The van der Waals surface area contributed by atoms with E-state index < -0.39 is 11.0 Å². The molecule has 29 heavy (non-hydrogen) atoms. The summed E-state index contributed by atoms with van der Waals surface area (Å²) < 4.78 is 0. The van der Waals surface area contributed by atoms with Gasteiger partial charge in [0.15, 0.2) is 0 Å². The van der Waals surface area contributed by atoms with Crippen molar-refractivity contribution in [3.63, 3.8) is 0 Å². The maximum Gasteiger partial charge on any atom is 0.329 e. The summed E-state index contributed by atoms with van der Waals surface area (Å²) in [6.07, 6.45) is 5.99. The lowest BCUT2D eigenvalue weighted by molar-refractivity contribution is -0.384. The molecule has 11 heteroatoms. The first kappa shape index (κ1) is 21.2. The number of likely N-dealkylation sites (tertiary alicyclic amines) is 1. The fraction of sp³-hybridized carbons (Fsp3) is 0.722. The second-order valence-electron chi connectivity index (χ2n) is 7.84. The van der Waals surface area contributed by atoms with E-state index in [-0.39, 0.29) is 35.9 Å². The molecule has 1 aromatic rings. The van der Waals surface area contributed by atoms with Gasteiger partial charge in [-0.2, -0.15) is 4.98 Å². The summed E-state index contributed by atoms with van der Waals surface area (Å²) in [5, 5.41) is 26.9. The molecule has 0 spiro atoms. The van der Waals surface area contributed by atoms with E-state index in [1.54, 1.807) is 4.90 Å². The Morgan fingerprint density at radius 3 is 2.76 bits per heavy atom. The van der Waals surface area contributed by atoms with E-state index in [0.29, 0.717) is 32.0 Å². The van der Waals surface area contributed by atoms with Gasteiger partial charge in [-0.05, 0) is 44.4 Å². The molecule has 0 unspecified atom stereocenters. The van der Waals surface area contributed by atoms with Gasteiger partial charge in [-0.25, -0.2) is 4.98 Å². The largest absolute Gasteiger partial charge is 0.391 e. The molecule has 1 aliphatic heterocycles. The Hall–Kier alpha value is -2.53. The Kier molecular flexibility index (Phi) is 7.15. The first-order chi connectivity index (χ1) is 13.9. The van der Waals surface area contributed by atoms with Crippen molar-refractivity contribution in [3.05, 3.63) is 16.3 Å². The number of piperidine rings is 1. The Morgan fingerprint density at radius 2 is 2.07 bits per heavy atom. The maximum atomic E-state index is 12.3. The van der Waals surface area contributed by atoms with Crippen LogP contribution in [0.2, 0.25) is 0 Å². The first-order valence-electron chi connectivity index (χ1n) is 10.1. The number of hydrogen-bond donors (Lipinski definition) is 4. The molecule has 5 N–H and O–H groups in total. The van der Waals surface area contributed by atoms with Crippen molar-refractivity contribution in [2.75, 3.05) is 36.8 Å². The lowest BCUT2D eigenvalue weighted by Gasteiger charge is -2.30. The van der Waals surface area contributed by atoms with Crippen molar-refractivity contribution in [2.45, 2.75) is 50.7 Å². The molecular formula is C18H29N7O4. The summed E-state index contributed by atoms with van der Waals surface area (Å²) in [5.74, 6) is 0.518. The van der Waals surface area contributed by atoms with Gasteiger partial charge in [0, 0.05) is 25.7 Å². The van der Waals surface area contributed by atoms with Crippen LogP contribution in [0.4, 0.5) is 17.5 Å². The van der Waals surface area contributed by atoms with Gasteiger partial charge in [0.1, 0.15) is 6.20 Å². The van der Waals surface area contributed by atoms with Crippen LogP contribution in [0.5, 0.6) is 0 Å². The average molecular weight is 407 g/mol. The molecule has 1 amide bonds. The van der Waals surface area contributed by atoms with Crippen molar-refractivity contribution in [1.82, 2.24) is 14.9 Å². The molecule has 2 heterocycles. The molecule has 2 aliphatic rings. The van der Waals surface area contributed by atoms with Crippen LogP contribution in [0.15, 0.2) is 6.20 Å². The number of hydrogen-bond acceptors (Lipinski definition) is 9. The second kappa shape index (κ2) is 9.79. The van der Waals surface area contributed by atoms with Crippen LogP contribution in [-0.2, 0) is 4.79 Å². The van der Waals surface area contributed by atoms with Crippen LogP contribution in [0.3, 0.4) is 0 Å². The Labute approximate surface area is 169 Å². The summed E-state index contributed by atoms with van der Waals surface area (Å²) >= 11 is 0. The predicted octanol–water partition coefficient (Wildman–Crippen LogP) is 0.709. The van der Waals surface area contributed by atoms with Crippen molar-refractivity contribution in [3.8, 4) is 0 Å². The van der Waals surface area contributed by atoms with Crippen LogP contribution in [0, 0.1) is 16.0 Å². The van der Waals surface area contributed by atoms with Gasteiger partial charge in [0.25, 0.3) is 0 Å². The molecule has 1 aliphatic carbocycles. The van der Waals surface area contributed by atoms with Crippen molar-refractivity contribution < 1.29 is 14.8 Å². The molecular weight excluding hydrogens is 378 g/mol. The second-order valence-corrected chi connectivity index (χ2v) is 7.84. The van der Waals surface area contributed by atoms with Gasteiger partial charge >= 0.3 is 5.69 Å². The van der Waals surface area contributed by atoms with Gasteiger partial charge < -0.3 is 26.4 Å². The maximum absolute atomic E-state index is 12.3. The molecule has 1 saturated heterocycles. The number of anilines is 2. The van der Waals surface area contributed by atoms with E-state index in [1.165, 1.54) is 0 Å². The summed E-state index contributed by atoms with van der Waals surface area (Å²) in [6, 6.07) is 0.244. The lowest BCUT2D eigenvalue weighted by atomic mass is 9.86. The number of nitrogens with two attached hydrogens (primary N) is 1. The number of nitrogens with one attached hydrogen (secondary N) is 2. The Balaban J connectivity index is 1.58. The number of nitro groups is 1. The number of aromatic nitrogens is 2. The molecule has 11 nitrogen and oxygen atoms in total. The fourth-order valence-electron chi connectivity index (χ4n) is 3.81.